The average Bonchev–Trinajstić information content (AvgIpc) is 3.35. The van der Waals surface area contributed by atoms with E-state index >= 15 is 0 Å². The van der Waals surface area contributed by atoms with Crippen molar-refractivity contribution in [2.75, 3.05) is 25.0 Å². The summed E-state index contributed by atoms with van der Waals surface area (Å²) in [6.07, 6.45) is 3.39. The predicted octanol–water partition coefficient (Wildman–Crippen LogP) is 3.85. The molecule has 1 aliphatic heterocycles. The lowest BCUT2D eigenvalue weighted by atomic mass is 9.87. The van der Waals surface area contributed by atoms with Gasteiger partial charge in [0, 0.05) is 42.1 Å². The Morgan fingerprint density at radius 3 is 2.47 bits per heavy atom. The Balaban J connectivity index is 1.64. The number of amides is 1. The average molecular weight is 484 g/mol. The summed E-state index contributed by atoms with van der Waals surface area (Å²) >= 11 is 0. The van der Waals surface area contributed by atoms with E-state index in [0.717, 1.165) is 17.7 Å². The van der Waals surface area contributed by atoms with Crippen molar-refractivity contribution in [2.24, 2.45) is 11.7 Å². The summed E-state index contributed by atoms with van der Waals surface area (Å²) in [7, 11) is 0. The third-order valence-electron chi connectivity index (χ3n) is 6.42. The van der Waals surface area contributed by atoms with Gasteiger partial charge in [-0.2, -0.15) is 0 Å². The van der Waals surface area contributed by atoms with Crippen LogP contribution in [0.3, 0.4) is 0 Å². The highest BCUT2D eigenvalue weighted by Gasteiger charge is 2.55. The number of benzene rings is 2. The van der Waals surface area contributed by atoms with Crippen LogP contribution in [0.25, 0.3) is 0 Å². The van der Waals surface area contributed by atoms with E-state index in [9.17, 15) is 4.79 Å². The molecule has 3 aromatic rings. The summed E-state index contributed by atoms with van der Waals surface area (Å²) in [4.78, 5) is 23.7. The van der Waals surface area contributed by atoms with Crippen LogP contribution in [0.2, 0.25) is 0 Å². The van der Waals surface area contributed by atoms with Crippen molar-refractivity contribution in [3.63, 3.8) is 0 Å². The second-order valence-corrected chi connectivity index (χ2v) is 9.83. The van der Waals surface area contributed by atoms with Gasteiger partial charge in [0.25, 0.3) is 5.91 Å². The van der Waals surface area contributed by atoms with Gasteiger partial charge in [-0.25, -0.2) is 9.97 Å². The topological polar surface area (TPSA) is 93.4 Å². The summed E-state index contributed by atoms with van der Waals surface area (Å²) in [5.41, 5.74) is 7.31. The number of anilines is 1. The van der Waals surface area contributed by atoms with Gasteiger partial charge < -0.3 is 15.8 Å². The summed E-state index contributed by atoms with van der Waals surface area (Å²) in [6, 6.07) is 17.6. The minimum Gasteiger partial charge on any atom is -0.366 e. The standard InChI is InChI=1S/C29H33N5O2/c1-21(2)18-31-27-32-19-23(20-33-27)14-13-22-9-8-12-25(17-22)29(26(30)35)34(15-16-36-29)28(3,4)24-10-6-5-7-11-24/h5-12,17,19-21H,15-16,18H2,1-4H3,(H2,30,35)(H,31,32,33). The van der Waals surface area contributed by atoms with Crippen LogP contribution in [0.15, 0.2) is 67.0 Å². The highest BCUT2D eigenvalue weighted by molar-refractivity contribution is 5.85. The zero-order valence-electron chi connectivity index (χ0n) is 21.3. The van der Waals surface area contributed by atoms with Crippen LogP contribution in [0.4, 0.5) is 5.95 Å². The number of carbonyl (C=O) groups excluding carboxylic acids is 1. The van der Waals surface area contributed by atoms with E-state index in [1.165, 1.54) is 0 Å². The van der Waals surface area contributed by atoms with Crippen LogP contribution in [0.5, 0.6) is 0 Å². The lowest BCUT2D eigenvalue weighted by Gasteiger charge is -2.45. The molecule has 0 radical (unpaired) electrons. The molecule has 0 bridgehead atoms. The van der Waals surface area contributed by atoms with E-state index < -0.39 is 17.2 Å². The minimum absolute atomic E-state index is 0.393. The number of carbonyl (C=O) groups is 1. The Labute approximate surface area is 213 Å². The fourth-order valence-electron chi connectivity index (χ4n) is 4.51. The molecule has 0 aliphatic carbocycles. The monoisotopic (exact) mass is 483 g/mol. The fourth-order valence-corrected chi connectivity index (χ4v) is 4.51. The number of ether oxygens (including phenoxy) is 1. The highest BCUT2D eigenvalue weighted by atomic mass is 16.5. The first kappa shape index (κ1) is 25.4. The minimum atomic E-state index is -1.40. The zero-order valence-corrected chi connectivity index (χ0v) is 21.3. The van der Waals surface area contributed by atoms with Gasteiger partial charge in [0.05, 0.1) is 12.2 Å². The van der Waals surface area contributed by atoms with Crippen LogP contribution in [-0.4, -0.2) is 40.5 Å². The van der Waals surface area contributed by atoms with Crippen molar-refractivity contribution in [3.05, 3.63) is 89.2 Å². The normalized spacial score (nSPS) is 18.0. The molecule has 1 amide bonds. The molecule has 1 atom stereocenters. The molecule has 36 heavy (non-hydrogen) atoms. The number of nitrogens with one attached hydrogen (secondary N) is 1. The SMILES string of the molecule is CC(C)CNc1ncc(C#Cc2cccc(C3(C(N)=O)OCCN3C(C)(C)c3ccccc3)c2)cn1. The molecule has 2 heterocycles. The van der Waals surface area contributed by atoms with E-state index in [1.807, 2.05) is 47.4 Å². The summed E-state index contributed by atoms with van der Waals surface area (Å²) in [6.45, 7) is 10.2. The zero-order chi connectivity index (χ0) is 25.8. The van der Waals surface area contributed by atoms with Crippen LogP contribution in [-0.2, 0) is 20.8 Å². The number of aromatic nitrogens is 2. The highest BCUT2D eigenvalue weighted by Crippen LogP contribution is 2.43. The maximum atomic E-state index is 13.0. The van der Waals surface area contributed by atoms with Crippen LogP contribution >= 0.6 is 0 Å². The largest absolute Gasteiger partial charge is 0.366 e. The molecule has 0 saturated carbocycles. The number of primary amides is 1. The van der Waals surface area contributed by atoms with E-state index in [4.69, 9.17) is 10.5 Å². The molecule has 7 nitrogen and oxygen atoms in total. The third-order valence-corrected chi connectivity index (χ3v) is 6.42. The molecule has 1 saturated heterocycles. The van der Waals surface area contributed by atoms with Crippen molar-refractivity contribution in [3.8, 4) is 11.8 Å². The summed E-state index contributed by atoms with van der Waals surface area (Å²) in [5.74, 6) is 6.80. The molecule has 1 aliphatic rings. The van der Waals surface area contributed by atoms with Gasteiger partial charge in [0.15, 0.2) is 0 Å². The molecule has 3 N–H and O–H groups in total. The molecule has 1 fully saturated rings. The maximum Gasteiger partial charge on any atom is 0.270 e. The Bertz CT molecular complexity index is 1260. The van der Waals surface area contributed by atoms with Gasteiger partial charge in [0.1, 0.15) is 0 Å². The predicted molar refractivity (Wildman–Crippen MR) is 141 cm³/mol. The molecule has 1 aromatic heterocycles. The van der Waals surface area contributed by atoms with Gasteiger partial charge in [-0.15, -0.1) is 0 Å². The van der Waals surface area contributed by atoms with E-state index in [2.05, 4.69) is 67.0 Å². The van der Waals surface area contributed by atoms with Crippen molar-refractivity contribution in [2.45, 2.75) is 39.0 Å². The smallest absolute Gasteiger partial charge is 0.270 e. The number of nitrogens with zero attached hydrogens (tertiary/aromatic N) is 3. The number of hydrogen-bond donors (Lipinski definition) is 2. The third kappa shape index (κ3) is 5.11. The van der Waals surface area contributed by atoms with Crippen LogP contribution in [0, 0.1) is 17.8 Å². The molecule has 7 heteroatoms. The lowest BCUT2D eigenvalue weighted by molar-refractivity contribution is -0.166. The van der Waals surface area contributed by atoms with Crippen molar-refractivity contribution < 1.29 is 9.53 Å². The first-order chi connectivity index (χ1) is 17.2. The summed E-state index contributed by atoms with van der Waals surface area (Å²) < 4.78 is 6.16. The van der Waals surface area contributed by atoms with E-state index in [0.29, 0.717) is 36.1 Å². The quantitative estimate of drug-likeness (QED) is 0.496. The van der Waals surface area contributed by atoms with Crippen molar-refractivity contribution >= 4 is 11.9 Å². The fraction of sp³-hybridized carbons (Fsp3) is 0.345. The van der Waals surface area contributed by atoms with E-state index in [1.54, 1.807) is 12.4 Å². The second kappa shape index (κ2) is 10.5. The molecule has 0 spiro atoms. The molecular weight excluding hydrogens is 450 g/mol. The van der Waals surface area contributed by atoms with Crippen LogP contribution in [0.1, 0.15) is 49.9 Å². The van der Waals surface area contributed by atoms with Crippen molar-refractivity contribution in [1.82, 2.24) is 14.9 Å². The van der Waals surface area contributed by atoms with Gasteiger partial charge in [-0.1, -0.05) is 68.2 Å². The number of rotatable bonds is 7. The second-order valence-electron chi connectivity index (χ2n) is 9.83. The molecule has 1 unspecified atom stereocenters. The van der Waals surface area contributed by atoms with Gasteiger partial charge >= 0.3 is 0 Å². The molecule has 4 rings (SSSR count). The lowest BCUT2D eigenvalue weighted by Crippen LogP contribution is -2.58. The Morgan fingerprint density at radius 2 is 1.81 bits per heavy atom. The van der Waals surface area contributed by atoms with Crippen LogP contribution < -0.4 is 11.1 Å². The van der Waals surface area contributed by atoms with Gasteiger partial charge in [-0.05, 0) is 37.5 Å². The summed E-state index contributed by atoms with van der Waals surface area (Å²) in [5, 5.41) is 3.19. The first-order valence-corrected chi connectivity index (χ1v) is 12.2. The molecule has 2 aromatic carbocycles. The Morgan fingerprint density at radius 1 is 1.11 bits per heavy atom. The molecular formula is C29H33N5O2. The first-order valence-electron chi connectivity index (χ1n) is 12.2. The Hall–Kier alpha value is -3.73. The maximum absolute atomic E-state index is 13.0. The van der Waals surface area contributed by atoms with Gasteiger partial charge in [-0.3, -0.25) is 9.69 Å². The van der Waals surface area contributed by atoms with E-state index in [-0.39, 0.29) is 0 Å². The Kier molecular flexibility index (Phi) is 7.39. The van der Waals surface area contributed by atoms with Gasteiger partial charge in [0.2, 0.25) is 11.7 Å². The molecule has 186 valence electrons. The van der Waals surface area contributed by atoms with Crippen molar-refractivity contribution in [1.29, 1.82) is 0 Å². The number of nitrogens with two attached hydrogens (primary N) is 1. The number of hydrogen-bond acceptors (Lipinski definition) is 6.